The third kappa shape index (κ3) is 9.53. The Kier molecular flexibility index (Phi) is 5.08. The zero-order chi connectivity index (χ0) is 12.1. The van der Waals surface area contributed by atoms with Gasteiger partial charge < -0.3 is 5.32 Å². The van der Waals surface area contributed by atoms with Crippen LogP contribution >= 0.6 is 0 Å². The highest BCUT2D eigenvalue weighted by atomic mass is 15.3. The summed E-state index contributed by atoms with van der Waals surface area (Å²) >= 11 is 0. The molecule has 0 rings (SSSR count). The third-order valence-corrected chi connectivity index (χ3v) is 1.63. The molecule has 4 N–H and O–H groups in total. The van der Waals surface area contributed by atoms with Crippen LogP contribution < -0.4 is 16.6 Å². The Balaban J connectivity index is 4.14. The Labute approximate surface area is 93.7 Å². The van der Waals surface area contributed by atoms with Gasteiger partial charge in [0.2, 0.25) is 5.96 Å². The summed E-state index contributed by atoms with van der Waals surface area (Å²) in [5.41, 5.74) is 2.99. The lowest BCUT2D eigenvalue weighted by Crippen LogP contribution is -2.45. The SMILES string of the molecule is CC(C)(C)CN=C(NN)NCC(C)(C)C. The summed E-state index contributed by atoms with van der Waals surface area (Å²) < 4.78 is 0. The molecule has 0 aliphatic heterocycles. The predicted octanol–water partition coefficient (Wildman–Crippen LogP) is 1.49. The molecule has 0 spiro atoms. The Hall–Kier alpha value is -0.770. The zero-order valence-corrected chi connectivity index (χ0v) is 10.9. The van der Waals surface area contributed by atoms with Crippen LogP contribution in [0.15, 0.2) is 4.99 Å². The maximum Gasteiger partial charge on any atom is 0.205 e. The topological polar surface area (TPSA) is 62.4 Å². The first-order valence-electron chi connectivity index (χ1n) is 5.39. The second-order valence-electron chi connectivity index (χ2n) is 6.28. The lowest BCUT2D eigenvalue weighted by molar-refractivity contribution is 0.403. The van der Waals surface area contributed by atoms with Gasteiger partial charge >= 0.3 is 0 Å². The number of hydrazine groups is 1. The third-order valence-electron chi connectivity index (χ3n) is 1.63. The molecule has 90 valence electrons. The average molecular weight is 214 g/mol. The zero-order valence-electron chi connectivity index (χ0n) is 10.9. The maximum atomic E-state index is 5.39. The van der Waals surface area contributed by atoms with Crippen LogP contribution in [0.1, 0.15) is 41.5 Å². The molecule has 0 unspecified atom stereocenters. The summed E-state index contributed by atoms with van der Waals surface area (Å²) in [6, 6.07) is 0. The minimum absolute atomic E-state index is 0.186. The molecule has 0 aromatic rings. The van der Waals surface area contributed by atoms with Crippen LogP contribution in [-0.2, 0) is 0 Å². The molecule has 0 amide bonds. The van der Waals surface area contributed by atoms with E-state index in [4.69, 9.17) is 5.84 Å². The second-order valence-corrected chi connectivity index (χ2v) is 6.28. The maximum absolute atomic E-state index is 5.39. The van der Waals surface area contributed by atoms with Crippen LogP contribution in [0, 0.1) is 10.8 Å². The largest absolute Gasteiger partial charge is 0.355 e. The van der Waals surface area contributed by atoms with Crippen molar-refractivity contribution >= 4 is 5.96 Å². The fraction of sp³-hybridized carbons (Fsp3) is 0.909. The molecule has 4 nitrogen and oxygen atoms in total. The van der Waals surface area contributed by atoms with Crippen molar-refractivity contribution in [2.75, 3.05) is 13.1 Å². The van der Waals surface area contributed by atoms with Crippen LogP contribution in [0.2, 0.25) is 0 Å². The van der Waals surface area contributed by atoms with E-state index in [-0.39, 0.29) is 10.8 Å². The first kappa shape index (κ1) is 14.2. The van der Waals surface area contributed by atoms with Gasteiger partial charge in [0, 0.05) is 13.1 Å². The van der Waals surface area contributed by atoms with Crippen molar-refractivity contribution in [2.45, 2.75) is 41.5 Å². The summed E-state index contributed by atoms with van der Waals surface area (Å²) in [6.07, 6.45) is 0. The molecule has 0 aromatic carbocycles. The number of nitrogens with one attached hydrogen (secondary N) is 2. The fourth-order valence-electron chi connectivity index (χ4n) is 0.818. The normalized spacial score (nSPS) is 13.9. The van der Waals surface area contributed by atoms with E-state index in [9.17, 15) is 0 Å². The molecule has 0 bridgehead atoms. The Morgan fingerprint density at radius 1 is 1.07 bits per heavy atom. The van der Waals surface area contributed by atoms with E-state index in [1.807, 2.05) is 0 Å². The molecule has 0 fully saturated rings. The Bertz CT molecular complexity index is 208. The number of rotatable bonds is 2. The molecule has 0 heterocycles. The average Bonchev–Trinajstić information content (AvgIpc) is 2.00. The van der Waals surface area contributed by atoms with Gasteiger partial charge in [-0.25, -0.2) is 5.84 Å². The van der Waals surface area contributed by atoms with E-state index < -0.39 is 0 Å². The van der Waals surface area contributed by atoms with Crippen LogP contribution in [0.3, 0.4) is 0 Å². The highest BCUT2D eigenvalue weighted by Crippen LogP contribution is 2.13. The monoisotopic (exact) mass is 214 g/mol. The summed E-state index contributed by atoms with van der Waals surface area (Å²) in [5.74, 6) is 6.05. The Morgan fingerprint density at radius 3 is 1.93 bits per heavy atom. The van der Waals surface area contributed by atoms with E-state index >= 15 is 0 Å². The number of nitrogens with zero attached hydrogens (tertiary/aromatic N) is 1. The minimum Gasteiger partial charge on any atom is -0.355 e. The first-order chi connectivity index (χ1) is 6.64. The van der Waals surface area contributed by atoms with E-state index in [1.165, 1.54) is 0 Å². The van der Waals surface area contributed by atoms with Gasteiger partial charge in [0.05, 0.1) is 0 Å². The van der Waals surface area contributed by atoms with Gasteiger partial charge in [-0.05, 0) is 10.8 Å². The van der Waals surface area contributed by atoms with Crippen molar-refractivity contribution in [2.24, 2.45) is 21.7 Å². The highest BCUT2D eigenvalue weighted by Gasteiger charge is 2.12. The number of guanidine groups is 1. The van der Waals surface area contributed by atoms with Gasteiger partial charge in [-0.15, -0.1) is 0 Å². The summed E-state index contributed by atoms with van der Waals surface area (Å²) in [5, 5.41) is 3.20. The van der Waals surface area contributed by atoms with Gasteiger partial charge in [0.25, 0.3) is 0 Å². The summed E-state index contributed by atoms with van der Waals surface area (Å²) in [4.78, 5) is 4.39. The molecular weight excluding hydrogens is 188 g/mol. The second kappa shape index (κ2) is 5.35. The standard InChI is InChI=1S/C11H26N4/c1-10(2,3)7-13-9(15-12)14-8-11(4,5)6/h7-8,12H2,1-6H3,(H2,13,14,15). The van der Waals surface area contributed by atoms with E-state index in [0.29, 0.717) is 5.96 Å². The molecule has 0 aliphatic rings. The van der Waals surface area contributed by atoms with Gasteiger partial charge in [0.1, 0.15) is 0 Å². The smallest absolute Gasteiger partial charge is 0.205 e. The lowest BCUT2D eigenvalue weighted by Gasteiger charge is -2.21. The summed E-state index contributed by atoms with van der Waals surface area (Å²) in [6.45, 7) is 14.5. The van der Waals surface area contributed by atoms with Crippen LogP contribution in [-0.4, -0.2) is 19.0 Å². The van der Waals surface area contributed by atoms with Gasteiger partial charge in [-0.2, -0.15) is 0 Å². The van der Waals surface area contributed by atoms with Crippen molar-refractivity contribution in [3.05, 3.63) is 0 Å². The van der Waals surface area contributed by atoms with Crippen molar-refractivity contribution in [1.82, 2.24) is 10.7 Å². The number of aliphatic imine (C=N–C) groups is 1. The molecular formula is C11H26N4. The molecule has 0 atom stereocenters. The molecule has 15 heavy (non-hydrogen) atoms. The molecule has 0 saturated heterocycles. The van der Waals surface area contributed by atoms with Gasteiger partial charge in [0.15, 0.2) is 0 Å². The van der Waals surface area contributed by atoms with Crippen molar-refractivity contribution in [1.29, 1.82) is 0 Å². The molecule has 4 heteroatoms. The predicted molar refractivity (Wildman–Crippen MR) is 66.5 cm³/mol. The molecule has 0 aromatic heterocycles. The van der Waals surface area contributed by atoms with E-state index in [1.54, 1.807) is 0 Å². The van der Waals surface area contributed by atoms with Crippen molar-refractivity contribution in [3.63, 3.8) is 0 Å². The molecule has 0 saturated carbocycles. The van der Waals surface area contributed by atoms with E-state index in [0.717, 1.165) is 13.1 Å². The number of hydrogen-bond donors (Lipinski definition) is 3. The first-order valence-corrected chi connectivity index (χ1v) is 5.39. The molecule has 0 aliphatic carbocycles. The Morgan fingerprint density at radius 2 is 1.60 bits per heavy atom. The number of nitrogens with two attached hydrogens (primary N) is 1. The van der Waals surface area contributed by atoms with E-state index in [2.05, 4.69) is 57.3 Å². The fourth-order valence-corrected chi connectivity index (χ4v) is 0.818. The van der Waals surface area contributed by atoms with Gasteiger partial charge in [-0.1, -0.05) is 41.5 Å². The van der Waals surface area contributed by atoms with Crippen LogP contribution in [0.5, 0.6) is 0 Å². The molecule has 0 radical (unpaired) electrons. The van der Waals surface area contributed by atoms with Crippen molar-refractivity contribution in [3.8, 4) is 0 Å². The van der Waals surface area contributed by atoms with Crippen LogP contribution in [0.25, 0.3) is 0 Å². The summed E-state index contributed by atoms with van der Waals surface area (Å²) in [7, 11) is 0. The number of hydrogen-bond acceptors (Lipinski definition) is 2. The van der Waals surface area contributed by atoms with Crippen LogP contribution in [0.4, 0.5) is 0 Å². The highest BCUT2D eigenvalue weighted by molar-refractivity contribution is 5.79. The lowest BCUT2D eigenvalue weighted by atomic mass is 9.97. The quantitative estimate of drug-likeness (QED) is 0.282. The minimum atomic E-state index is 0.186. The van der Waals surface area contributed by atoms with Gasteiger partial charge in [-0.3, -0.25) is 10.4 Å². The van der Waals surface area contributed by atoms with Crippen molar-refractivity contribution < 1.29 is 0 Å².